The molecular formula is C9H8N2O2. The van der Waals surface area contributed by atoms with Gasteiger partial charge in [0.05, 0.1) is 12.7 Å². The van der Waals surface area contributed by atoms with E-state index in [-0.39, 0.29) is 5.97 Å². The van der Waals surface area contributed by atoms with Crippen LogP contribution in [0.4, 0.5) is 5.69 Å². The van der Waals surface area contributed by atoms with Gasteiger partial charge in [-0.25, -0.2) is 4.79 Å². The lowest BCUT2D eigenvalue weighted by atomic mass is 10.2. The van der Waals surface area contributed by atoms with Crippen LogP contribution in [-0.4, -0.2) is 13.1 Å². The molecule has 1 aromatic rings. The highest BCUT2D eigenvalue weighted by Gasteiger charge is 2.03. The van der Waals surface area contributed by atoms with Crippen molar-refractivity contribution < 1.29 is 9.53 Å². The number of nitriles is 1. The standard InChI is InChI=1S/C9H8N2O2/c1-13-9(12)7-2-4-8(5-3-7)11-6-10/h2-5,11H,1H3. The van der Waals surface area contributed by atoms with E-state index in [1.807, 2.05) is 0 Å². The van der Waals surface area contributed by atoms with Crippen LogP contribution in [-0.2, 0) is 4.74 Å². The molecule has 0 bridgehead atoms. The molecule has 0 aliphatic rings. The van der Waals surface area contributed by atoms with E-state index in [1.165, 1.54) is 7.11 Å². The summed E-state index contributed by atoms with van der Waals surface area (Å²) in [7, 11) is 1.32. The summed E-state index contributed by atoms with van der Waals surface area (Å²) in [4.78, 5) is 11.0. The molecule has 4 heteroatoms. The highest BCUT2D eigenvalue weighted by atomic mass is 16.5. The van der Waals surface area contributed by atoms with Gasteiger partial charge in [0.1, 0.15) is 0 Å². The molecule has 13 heavy (non-hydrogen) atoms. The van der Waals surface area contributed by atoms with Gasteiger partial charge in [0, 0.05) is 5.69 Å². The average Bonchev–Trinajstić information content (AvgIpc) is 2.18. The number of methoxy groups -OCH3 is 1. The van der Waals surface area contributed by atoms with Crippen LogP contribution in [0.3, 0.4) is 0 Å². The van der Waals surface area contributed by atoms with Crippen molar-refractivity contribution in [3.05, 3.63) is 29.8 Å². The van der Waals surface area contributed by atoms with Crippen molar-refractivity contribution in [2.24, 2.45) is 0 Å². The molecule has 1 aromatic carbocycles. The Morgan fingerprint density at radius 1 is 1.46 bits per heavy atom. The van der Waals surface area contributed by atoms with Crippen LogP contribution in [0, 0.1) is 11.5 Å². The first-order valence-corrected chi connectivity index (χ1v) is 3.61. The average molecular weight is 176 g/mol. The first-order chi connectivity index (χ1) is 6.27. The first-order valence-electron chi connectivity index (χ1n) is 3.61. The number of esters is 1. The number of ether oxygens (including phenoxy) is 1. The van der Waals surface area contributed by atoms with Gasteiger partial charge in [0.2, 0.25) is 0 Å². The maximum Gasteiger partial charge on any atom is 0.337 e. The highest BCUT2D eigenvalue weighted by Crippen LogP contribution is 2.09. The number of anilines is 1. The van der Waals surface area contributed by atoms with Crippen LogP contribution >= 0.6 is 0 Å². The zero-order valence-electron chi connectivity index (χ0n) is 7.07. The Morgan fingerprint density at radius 2 is 2.08 bits per heavy atom. The summed E-state index contributed by atoms with van der Waals surface area (Å²) < 4.78 is 4.51. The molecule has 0 aliphatic heterocycles. The van der Waals surface area contributed by atoms with E-state index in [2.05, 4.69) is 10.1 Å². The van der Waals surface area contributed by atoms with Crippen LogP contribution in [0.5, 0.6) is 0 Å². The summed E-state index contributed by atoms with van der Waals surface area (Å²) in [6, 6.07) is 6.45. The predicted octanol–water partition coefficient (Wildman–Crippen LogP) is 1.37. The van der Waals surface area contributed by atoms with E-state index >= 15 is 0 Å². The lowest BCUT2D eigenvalue weighted by Gasteiger charge is -1.99. The summed E-state index contributed by atoms with van der Waals surface area (Å²) >= 11 is 0. The monoisotopic (exact) mass is 176 g/mol. The van der Waals surface area contributed by atoms with E-state index in [1.54, 1.807) is 30.5 Å². The molecule has 0 aromatic heterocycles. The van der Waals surface area contributed by atoms with Gasteiger partial charge < -0.3 is 4.74 Å². The number of carbonyl (C=O) groups excluding carboxylic acids is 1. The number of hydrogen-bond donors (Lipinski definition) is 1. The van der Waals surface area contributed by atoms with Gasteiger partial charge in [-0.15, -0.1) is 0 Å². The molecule has 0 saturated carbocycles. The van der Waals surface area contributed by atoms with Crippen LogP contribution in [0.15, 0.2) is 24.3 Å². The molecule has 0 saturated heterocycles. The predicted molar refractivity (Wildman–Crippen MR) is 47.0 cm³/mol. The molecule has 1 rings (SSSR count). The van der Waals surface area contributed by atoms with Crippen molar-refractivity contribution in [1.29, 1.82) is 5.26 Å². The normalized spacial score (nSPS) is 8.62. The van der Waals surface area contributed by atoms with Crippen molar-refractivity contribution in [2.75, 3.05) is 12.4 Å². The highest BCUT2D eigenvalue weighted by molar-refractivity contribution is 5.89. The van der Waals surface area contributed by atoms with E-state index in [4.69, 9.17) is 5.26 Å². The number of carbonyl (C=O) groups is 1. The Kier molecular flexibility index (Phi) is 2.87. The van der Waals surface area contributed by atoms with Crippen LogP contribution < -0.4 is 5.32 Å². The third-order valence-electron chi connectivity index (χ3n) is 1.51. The maximum atomic E-state index is 11.0. The SMILES string of the molecule is COC(=O)c1ccc(NC#N)cc1. The fourth-order valence-electron chi connectivity index (χ4n) is 0.872. The van der Waals surface area contributed by atoms with Crippen molar-refractivity contribution in [2.45, 2.75) is 0 Å². The summed E-state index contributed by atoms with van der Waals surface area (Å²) in [6.45, 7) is 0. The van der Waals surface area contributed by atoms with Crippen molar-refractivity contribution in [3.63, 3.8) is 0 Å². The topological polar surface area (TPSA) is 62.1 Å². The number of rotatable bonds is 2. The fraction of sp³-hybridized carbons (Fsp3) is 0.111. The fourth-order valence-corrected chi connectivity index (χ4v) is 0.872. The second-order valence-corrected chi connectivity index (χ2v) is 2.31. The van der Waals surface area contributed by atoms with Gasteiger partial charge in [-0.3, -0.25) is 5.32 Å². The lowest BCUT2D eigenvalue weighted by molar-refractivity contribution is 0.0601. The minimum Gasteiger partial charge on any atom is -0.465 e. The molecule has 1 N–H and O–H groups in total. The molecule has 0 spiro atoms. The molecule has 0 heterocycles. The Hall–Kier alpha value is -2.02. The zero-order chi connectivity index (χ0) is 9.68. The molecule has 66 valence electrons. The molecule has 4 nitrogen and oxygen atoms in total. The lowest BCUT2D eigenvalue weighted by Crippen LogP contribution is -2.00. The quantitative estimate of drug-likeness (QED) is 0.420. The second-order valence-electron chi connectivity index (χ2n) is 2.31. The minimum absolute atomic E-state index is 0.386. The van der Waals surface area contributed by atoms with Gasteiger partial charge in [0.25, 0.3) is 0 Å². The van der Waals surface area contributed by atoms with E-state index in [9.17, 15) is 4.79 Å². The molecule has 0 fully saturated rings. The van der Waals surface area contributed by atoms with Gasteiger partial charge in [-0.2, -0.15) is 5.26 Å². The van der Waals surface area contributed by atoms with E-state index < -0.39 is 0 Å². The Labute approximate surface area is 75.7 Å². The van der Waals surface area contributed by atoms with Gasteiger partial charge in [-0.05, 0) is 24.3 Å². The van der Waals surface area contributed by atoms with Crippen molar-refractivity contribution in [1.82, 2.24) is 0 Å². The van der Waals surface area contributed by atoms with Crippen molar-refractivity contribution >= 4 is 11.7 Å². The largest absolute Gasteiger partial charge is 0.465 e. The van der Waals surface area contributed by atoms with E-state index in [0.717, 1.165) is 0 Å². The smallest absolute Gasteiger partial charge is 0.337 e. The molecular weight excluding hydrogens is 168 g/mol. The van der Waals surface area contributed by atoms with Gasteiger partial charge in [-0.1, -0.05) is 0 Å². The van der Waals surface area contributed by atoms with Gasteiger partial charge >= 0.3 is 5.97 Å². The zero-order valence-corrected chi connectivity index (χ0v) is 7.07. The second kappa shape index (κ2) is 4.12. The van der Waals surface area contributed by atoms with Crippen LogP contribution in [0.2, 0.25) is 0 Å². The van der Waals surface area contributed by atoms with Crippen molar-refractivity contribution in [3.8, 4) is 6.19 Å². The Bertz CT molecular complexity index is 338. The van der Waals surface area contributed by atoms with Gasteiger partial charge in [0.15, 0.2) is 6.19 Å². The summed E-state index contributed by atoms with van der Waals surface area (Å²) in [5.74, 6) is -0.386. The Balaban J connectivity index is 2.82. The number of benzene rings is 1. The number of hydrogen-bond acceptors (Lipinski definition) is 4. The summed E-state index contributed by atoms with van der Waals surface area (Å²) in [5, 5.41) is 10.7. The van der Waals surface area contributed by atoms with Crippen LogP contribution in [0.25, 0.3) is 0 Å². The third-order valence-corrected chi connectivity index (χ3v) is 1.51. The molecule has 0 atom stereocenters. The molecule has 0 aliphatic carbocycles. The Morgan fingerprint density at radius 3 is 2.54 bits per heavy atom. The molecule has 0 amide bonds. The van der Waals surface area contributed by atoms with E-state index in [0.29, 0.717) is 11.3 Å². The summed E-state index contributed by atoms with van der Waals surface area (Å²) in [5.41, 5.74) is 1.11. The minimum atomic E-state index is -0.386. The maximum absolute atomic E-state index is 11.0. The number of nitrogens with zero attached hydrogens (tertiary/aromatic N) is 1. The summed E-state index contributed by atoms with van der Waals surface area (Å²) in [6.07, 6.45) is 1.78. The van der Waals surface area contributed by atoms with Crippen LogP contribution in [0.1, 0.15) is 10.4 Å². The number of nitrogens with one attached hydrogen (secondary N) is 1. The molecule has 0 unspecified atom stereocenters. The first kappa shape index (κ1) is 9.07. The third kappa shape index (κ3) is 2.20. The molecule has 0 radical (unpaired) electrons.